The Balaban J connectivity index is 1.85. The van der Waals surface area contributed by atoms with Crippen LogP contribution in [0.2, 0.25) is 0 Å². The Bertz CT molecular complexity index is 493. The van der Waals surface area contributed by atoms with Gasteiger partial charge in [0.15, 0.2) is 0 Å². The molecule has 1 aromatic rings. The van der Waals surface area contributed by atoms with Crippen molar-refractivity contribution in [3.63, 3.8) is 0 Å². The lowest BCUT2D eigenvalue weighted by Gasteiger charge is -2.27. The molecule has 3 nitrogen and oxygen atoms in total. The average Bonchev–Trinajstić information content (AvgIpc) is 2.52. The zero-order chi connectivity index (χ0) is 16.2. The molecule has 1 aromatic carbocycles. The topological polar surface area (TPSA) is 38.3 Å². The Morgan fingerprint density at radius 3 is 2.41 bits per heavy atom. The molecule has 0 bridgehead atoms. The molecule has 0 spiro atoms. The van der Waals surface area contributed by atoms with Gasteiger partial charge in [0.25, 0.3) is 0 Å². The summed E-state index contributed by atoms with van der Waals surface area (Å²) in [6, 6.07) is 4.84. The number of halogens is 3. The molecule has 1 unspecified atom stereocenters. The Hall–Kier alpha value is -1.56. The summed E-state index contributed by atoms with van der Waals surface area (Å²) in [7, 11) is 0. The molecule has 0 aliphatic carbocycles. The summed E-state index contributed by atoms with van der Waals surface area (Å²) < 4.78 is 42.7. The van der Waals surface area contributed by atoms with Crippen molar-refractivity contribution < 1.29 is 22.7 Å². The van der Waals surface area contributed by atoms with Gasteiger partial charge in [-0.15, -0.1) is 0 Å². The third-order valence-corrected chi connectivity index (χ3v) is 4.13. The standard InChI is InChI=1S/C16H20F3NO2/c1-11(13-6-8-22-9-7-13)15(21)20-10-12-2-4-14(5-3-12)16(17,18)19/h2-5,11,13H,6-10H2,1H3,(H,20,21). The summed E-state index contributed by atoms with van der Waals surface area (Å²) in [5.41, 5.74) is -0.0290. The summed E-state index contributed by atoms with van der Waals surface area (Å²) in [6.07, 6.45) is -2.59. The van der Waals surface area contributed by atoms with Gasteiger partial charge >= 0.3 is 6.18 Å². The Morgan fingerprint density at radius 1 is 1.27 bits per heavy atom. The maximum atomic E-state index is 12.5. The lowest BCUT2D eigenvalue weighted by atomic mass is 9.87. The van der Waals surface area contributed by atoms with E-state index in [9.17, 15) is 18.0 Å². The van der Waals surface area contributed by atoms with Crippen molar-refractivity contribution in [1.29, 1.82) is 0 Å². The molecule has 1 N–H and O–H groups in total. The molecule has 0 aromatic heterocycles. The van der Waals surface area contributed by atoms with E-state index in [1.165, 1.54) is 12.1 Å². The number of benzene rings is 1. The SMILES string of the molecule is CC(C(=O)NCc1ccc(C(F)(F)F)cc1)C1CCOCC1. The number of hydrogen-bond acceptors (Lipinski definition) is 2. The highest BCUT2D eigenvalue weighted by Gasteiger charge is 2.30. The van der Waals surface area contributed by atoms with Crippen LogP contribution in [0.1, 0.15) is 30.9 Å². The van der Waals surface area contributed by atoms with Gasteiger partial charge in [-0.25, -0.2) is 0 Å². The van der Waals surface area contributed by atoms with E-state index < -0.39 is 11.7 Å². The molecule has 1 saturated heterocycles. The van der Waals surface area contributed by atoms with E-state index in [0.717, 1.165) is 25.0 Å². The number of carbonyl (C=O) groups is 1. The molecule has 1 aliphatic rings. The number of alkyl halides is 3. The first-order valence-electron chi connectivity index (χ1n) is 7.39. The van der Waals surface area contributed by atoms with Crippen molar-refractivity contribution in [2.24, 2.45) is 11.8 Å². The van der Waals surface area contributed by atoms with Crippen molar-refractivity contribution in [3.05, 3.63) is 35.4 Å². The van der Waals surface area contributed by atoms with Crippen LogP contribution in [-0.4, -0.2) is 19.1 Å². The van der Waals surface area contributed by atoms with Crippen molar-refractivity contribution in [2.75, 3.05) is 13.2 Å². The first kappa shape index (κ1) is 16.8. The molecule has 1 aliphatic heterocycles. The van der Waals surface area contributed by atoms with E-state index in [-0.39, 0.29) is 18.4 Å². The van der Waals surface area contributed by atoms with E-state index in [4.69, 9.17) is 4.74 Å². The van der Waals surface area contributed by atoms with Crippen LogP contribution < -0.4 is 5.32 Å². The lowest BCUT2D eigenvalue weighted by molar-refractivity contribution is -0.137. The zero-order valence-corrected chi connectivity index (χ0v) is 12.5. The Morgan fingerprint density at radius 2 is 1.86 bits per heavy atom. The molecule has 1 heterocycles. The molecular formula is C16H20F3NO2. The van der Waals surface area contributed by atoms with Gasteiger partial charge in [-0.3, -0.25) is 4.79 Å². The maximum absolute atomic E-state index is 12.5. The van der Waals surface area contributed by atoms with Crippen LogP contribution in [0.4, 0.5) is 13.2 Å². The summed E-state index contributed by atoms with van der Waals surface area (Å²) in [4.78, 5) is 12.1. The molecular weight excluding hydrogens is 295 g/mol. The van der Waals surface area contributed by atoms with Crippen LogP contribution >= 0.6 is 0 Å². The van der Waals surface area contributed by atoms with Gasteiger partial charge < -0.3 is 10.1 Å². The second kappa shape index (κ2) is 7.13. The van der Waals surface area contributed by atoms with Crippen LogP contribution in [0.3, 0.4) is 0 Å². The maximum Gasteiger partial charge on any atom is 0.416 e. The number of nitrogens with one attached hydrogen (secondary N) is 1. The quantitative estimate of drug-likeness (QED) is 0.925. The fraction of sp³-hybridized carbons (Fsp3) is 0.562. The molecule has 2 rings (SSSR count). The highest BCUT2D eigenvalue weighted by molar-refractivity contribution is 5.78. The van der Waals surface area contributed by atoms with Gasteiger partial charge in [-0.1, -0.05) is 19.1 Å². The van der Waals surface area contributed by atoms with E-state index >= 15 is 0 Å². The van der Waals surface area contributed by atoms with Gasteiger partial charge in [0.05, 0.1) is 5.56 Å². The molecule has 1 atom stereocenters. The third kappa shape index (κ3) is 4.47. The number of rotatable bonds is 4. The van der Waals surface area contributed by atoms with Crippen molar-refractivity contribution in [2.45, 2.75) is 32.5 Å². The second-order valence-corrected chi connectivity index (χ2v) is 5.65. The first-order valence-corrected chi connectivity index (χ1v) is 7.39. The largest absolute Gasteiger partial charge is 0.416 e. The van der Waals surface area contributed by atoms with Crippen LogP contribution in [0.25, 0.3) is 0 Å². The van der Waals surface area contributed by atoms with E-state index in [2.05, 4.69) is 5.32 Å². The smallest absolute Gasteiger partial charge is 0.381 e. The Kier molecular flexibility index (Phi) is 5.45. The van der Waals surface area contributed by atoms with Gasteiger partial charge in [0.1, 0.15) is 0 Å². The minimum Gasteiger partial charge on any atom is -0.381 e. The normalized spacial score (nSPS) is 18.0. The van der Waals surface area contributed by atoms with E-state index in [1.807, 2.05) is 6.92 Å². The Labute approximate surface area is 127 Å². The third-order valence-electron chi connectivity index (χ3n) is 4.13. The first-order chi connectivity index (χ1) is 10.4. The van der Waals surface area contributed by atoms with Crippen LogP contribution in [-0.2, 0) is 22.3 Å². The number of hydrogen-bond donors (Lipinski definition) is 1. The second-order valence-electron chi connectivity index (χ2n) is 5.65. The summed E-state index contributed by atoms with van der Waals surface area (Å²) in [6.45, 7) is 3.49. The molecule has 122 valence electrons. The molecule has 1 fully saturated rings. The van der Waals surface area contributed by atoms with Crippen LogP contribution in [0.15, 0.2) is 24.3 Å². The molecule has 0 saturated carbocycles. The summed E-state index contributed by atoms with van der Waals surface area (Å²) >= 11 is 0. The molecule has 22 heavy (non-hydrogen) atoms. The fourth-order valence-corrected chi connectivity index (χ4v) is 2.59. The van der Waals surface area contributed by atoms with Gasteiger partial charge in [-0.2, -0.15) is 13.2 Å². The van der Waals surface area contributed by atoms with E-state index in [1.54, 1.807) is 0 Å². The van der Waals surface area contributed by atoms with Gasteiger partial charge in [0, 0.05) is 25.7 Å². The van der Waals surface area contributed by atoms with Crippen molar-refractivity contribution in [1.82, 2.24) is 5.32 Å². The lowest BCUT2D eigenvalue weighted by Crippen LogP contribution is -2.35. The molecule has 1 amide bonds. The number of ether oxygens (including phenoxy) is 1. The van der Waals surface area contributed by atoms with Gasteiger partial charge in [0.2, 0.25) is 5.91 Å². The highest BCUT2D eigenvalue weighted by Crippen LogP contribution is 2.29. The van der Waals surface area contributed by atoms with Crippen molar-refractivity contribution in [3.8, 4) is 0 Å². The highest BCUT2D eigenvalue weighted by atomic mass is 19.4. The van der Waals surface area contributed by atoms with Crippen molar-refractivity contribution >= 4 is 5.91 Å². The minimum absolute atomic E-state index is 0.0632. The fourth-order valence-electron chi connectivity index (χ4n) is 2.59. The predicted molar refractivity (Wildman–Crippen MR) is 76.0 cm³/mol. The van der Waals surface area contributed by atoms with E-state index in [0.29, 0.717) is 24.7 Å². The zero-order valence-electron chi connectivity index (χ0n) is 12.5. The summed E-state index contributed by atoms with van der Waals surface area (Å²) in [5.74, 6) is 0.131. The number of amides is 1. The molecule has 0 radical (unpaired) electrons. The average molecular weight is 315 g/mol. The number of carbonyl (C=O) groups excluding carboxylic acids is 1. The molecule has 6 heteroatoms. The monoisotopic (exact) mass is 315 g/mol. The summed E-state index contributed by atoms with van der Waals surface area (Å²) in [5, 5.41) is 2.79. The van der Waals surface area contributed by atoms with Gasteiger partial charge in [-0.05, 0) is 36.5 Å². The minimum atomic E-state index is -4.33. The van der Waals surface area contributed by atoms with Crippen LogP contribution in [0.5, 0.6) is 0 Å². The predicted octanol–water partition coefficient (Wildman–Crippen LogP) is 3.38. The van der Waals surface area contributed by atoms with Crippen LogP contribution in [0, 0.1) is 11.8 Å².